The van der Waals surface area contributed by atoms with Gasteiger partial charge in [-0.1, -0.05) is 28.4 Å². The van der Waals surface area contributed by atoms with Crippen molar-refractivity contribution in [3.05, 3.63) is 40.1 Å². The van der Waals surface area contributed by atoms with Crippen LogP contribution in [0.25, 0.3) is 0 Å². The number of rotatable bonds is 5. The van der Waals surface area contributed by atoms with E-state index >= 15 is 0 Å². The molecule has 0 amide bonds. The predicted octanol–water partition coefficient (Wildman–Crippen LogP) is 4.12. The molecule has 1 aromatic carbocycles. The summed E-state index contributed by atoms with van der Waals surface area (Å²) in [5.74, 6) is 1.22. The van der Waals surface area contributed by atoms with Crippen LogP contribution in [0.1, 0.15) is 5.69 Å². The molecule has 2 rings (SSSR count). The Hall–Kier alpha value is -0.420. The molecule has 3 nitrogen and oxygen atoms in total. The maximum atomic E-state index is 6.07. The molecule has 1 heterocycles. The number of aromatic nitrogens is 3. The van der Waals surface area contributed by atoms with Crippen LogP contribution in [0.3, 0.4) is 0 Å². The fourth-order valence-corrected chi connectivity index (χ4v) is 2.90. The van der Waals surface area contributed by atoms with Crippen LogP contribution in [-0.4, -0.2) is 20.7 Å². The first kappa shape index (κ1) is 14.0. The van der Waals surface area contributed by atoms with Gasteiger partial charge < -0.3 is 0 Å². The zero-order valence-electron chi connectivity index (χ0n) is 9.31. The number of thioether (sulfide) groups is 1. The Balaban J connectivity index is 1.90. The van der Waals surface area contributed by atoms with E-state index in [2.05, 4.69) is 10.3 Å². The summed E-state index contributed by atoms with van der Waals surface area (Å²) >= 11 is 19.3. The SMILES string of the molecule is ClCc1cn(CCSc2cc(Cl)ccc2Cl)nn1. The lowest BCUT2D eigenvalue weighted by molar-refractivity contribution is 0.632. The highest BCUT2D eigenvalue weighted by molar-refractivity contribution is 7.99. The predicted molar refractivity (Wildman–Crippen MR) is 76.8 cm³/mol. The maximum absolute atomic E-state index is 6.07. The normalized spacial score (nSPS) is 10.8. The molecule has 0 fully saturated rings. The van der Waals surface area contributed by atoms with E-state index in [9.17, 15) is 0 Å². The monoisotopic (exact) mass is 321 g/mol. The molecule has 0 unspecified atom stereocenters. The third-order valence-corrected chi connectivity index (χ3v) is 4.18. The smallest absolute Gasteiger partial charge is 0.0974 e. The molecular formula is C11H10Cl3N3S. The van der Waals surface area contributed by atoms with E-state index in [1.165, 1.54) is 0 Å². The zero-order chi connectivity index (χ0) is 13.0. The first-order valence-corrected chi connectivity index (χ1v) is 7.49. The first-order chi connectivity index (χ1) is 8.69. The lowest BCUT2D eigenvalue weighted by atomic mass is 10.4. The van der Waals surface area contributed by atoms with Gasteiger partial charge in [-0.05, 0) is 18.2 Å². The number of benzene rings is 1. The van der Waals surface area contributed by atoms with Gasteiger partial charge in [0.2, 0.25) is 0 Å². The summed E-state index contributed by atoms with van der Waals surface area (Å²) in [5.41, 5.74) is 0.780. The topological polar surface area (TPSA) is 30.7 Å². The van der Waals surface area contributed by atoms with E-state index in [1.807, 2.05) is 12.3 Å². The minimum Gasteiger partial charge on any atom is -0.251 e. The van der Waals surface area contributed by atoms with E-state index < -0.39 is 0 Å². The lowest BCUT2D eigenvalue weighted by Gasteiger charge is -2.04. The summed E-state index contributed by atoms with van der Waals surface area (Å²) < 4.78 is 1.77. The Morgan fingerprint density at radius 3 is 2.83 bits per heavy atom. The average Bonchev–Trinajstić information content (AvgIpc) is 2.81. The van der Waals surface area contributed by atoms with Crippen LogP contribution in [-0.2, 0) is 12.4 Å². The van der Waals surface area contributed by atoms with Crippen LogP contribution in [0.5, 0.6) is 0 Å². The Morgan fingerprint density at radius 1 is 1.28 bits per heavy atom. The Kier molecular flexibility index (Phi) is 5.18. The van der Waals surface area contributed by atoms with E-state index in [0.717, 1.165) is 22.9 Å². The molecule has 0 spiro atoms. The van der Waals surface area contributed by atoms with Crippen molar-refractivity contribution in [1.29, 1.82) is 0 Å². The molecule has 0 N–H and O–H groups in total. The van der Waals surface area contributed by atoms with Crippen molar-refractivity contribution in [2.24, 2.45) is 0 Å². The van der Waals surface area contributed by atoms with Gasteiger partial charge in [0, 0.05) is 21.9 Å². The second-order valence-corrected chi connectivity index (χ2v) is 5.78. The summed E-state index contributed by atoms with van der Waals surface area (Å²) in [6.07, 6.45) is 1.84. The highest BCUT2D eigenvalue weighted by Gasteiger charge is 2.03. The van der Waals surface area contributed by atoms with Gasteiger partial charge in [0.1, 0.15) is 0 Å². The van der Waals surface area contributed by atoms with Gasteiger partial charge >= 0.3 is 0 Å². The molecule has 1 aromatic heterocycles. The molecule has 2 aromatic rings. The van der Waals surface area contributed by atoms with Crippen molar-refractivity contribution >= 4 is 46.6 Å². The standard InChI is InChI=1S/C11H10Cl3N3S/c12-6-9-7-17(16-15-9)3-4-18-11-5-8(13)1-2-10(11)14/h1-2,5,7H,3-4,6H2. The fourth-order valence-electron chi connectivity index (χ4n) is 1.35. The minimum absolute atomic E-state index is 0.382. The van der Waals surface area contributed by atoms with Crippen molar-refractivity contribution < 1.29 is 0 Å². The molecule has 7 heteroatoms. The summed E-state index contributed by atoms with van der Waals surface area (Å²) in [7, 11) is 0. The molecule has 0 aliphatic heterocycles. The van der Waals surface area contributed by atoms with Crippen molar-refractivity contribution in [1.82, 2.24) is 15.0 Å². The number of aryl methyl sites for hydroxylation is 1. The third kappa shape index (κ3) is 3.79. The van der Waals surface area contributed by atoms with Gasteiger partial charge in [-0.15, -0.1) is 28.5 Å². The highest BCUT2D eigenvalue weighted by atomic mass is 35.5. The maximum Gasteiger partial charge on any atom is 0.0974 e. The van der Waals surface area contributed by atoms with Crippen molar-refractivity contribution in [3.8, 4) is 0 Å². The second-order valence-electron chi connectivity index (χ2n) is 3.53. The van der Waals surface area contributed by atoms with Crippen molar-refractivity contribution in [2.45, 2.75) is 17.3 Å². The zero-order valence-corrected chi connectivity index (χ0v) is 12.4. The van der Waals surface area contributed by atoms with Gasteiger partial charge in [0.25, 0.3) is 0 Å². The summed E-state index contributed by atoms with van der Waals surface area (Å²) in [6, 6.07) is 5.44. The van der Waals surface area contributed by atoms with Crippen LogP contribution in [0.2, 0.25) is 10.0 Å². The molecule has 0 saturated heterocycles. The Labute approximate surface area is 124 Å². The lowest BCUT2D eigenvalue weighted by Crippen LogP contribution is -2.01. The van der Waals surface area contributed by atoms with Crippen LogP contribution < -0.4 is 0 Å². The van der Waals surface area contributed by atoms with Crippen LogP contribution >= 0.6 is 46.6 Å². The molecule has 0 aliphatic rings. The van der Waals surface area contributed by atoms with Gasteiger partial charge in [0.15, 0.2) is 0 Å². The Morgan fingerprint density at radius 2 is 2.11 bits per heavy atom. The molecule has 0 atom stereocenters. The third-order valence-electron chi connectivity index (χ3n) is 2.19. The number of hydrogen-bond acceptors (Lipinski definition) is 3. The largest absolute Gasteiger partial charge is 0.251 e. The molecule has 0 bridgehead atoms. The number of halogens is 3. The number of nitrogens with zero attached hydrogens (tertiary/aromatic N) is 3. The molecule has 0 radical (unpaired) electrons. The van der Waals surface area contributed by atoms with Gasteiger partial charge in [-0.3, -0.25) is 4.68 Å². The average molecular weight is 323 g/mol. The summed E-state index contributed by atoms with van der Waals surface area (Å²) in [4.78, 5) is 0.974. The van der Waals surface area contributed by atoms with E-state index in [4.69, 9.17) is 34.8 Å². The quantitative estimate of drug-likeness (QED) is 0.613. The second kappa shape index (κ2) is 6.66. The molecule has 18 heavy (non-hydrogen) atoms. The molecule has 96 valence electrons. The van der Waals surface area contributed by atoms with E-state index in [1.54, 1.807) is 28.6 Å². The van der Waals surface area contributed by atoms with E-state index in [0.29, 0.717) is 15.9 Å². The van der Waals surface area contributed by atoms with Gasteiger partial charge in [-0.2, -0.15) is 0 Å². The highest BCUT2D eigenvalue weighted by Crippen LogP contribution is 2.29. The number of alkyl halides is 1. The summed E-state index contributed by atoms with van der Waals surface area (Å²) in [6.45, 7) is 0.747. The van der Waals surface area contributed by atoms with Gasteiger partial charge in [0.05, 0.1) is 23.1 Å². The number of hydrogen-bond donors (Lipinski definition) is 0. The van der Waals surface area contributed by atoms with Gasteiger partial charge in [-0.25, -0.2) is 0 Å². The fraction of sp³-hybridized carbons (Fsp3) is 0.273. The molecule has 0 saturated carbocycles. The van der Waals surface area contributed by atoms with Crippen LogP contribution in [0, 0.1) is 0 Å². The van der Waals surface area contributed by atoms with Crippen LogP contribution in [0.15, 0.2) is 29.3 Å². The molecular weight excluding hydrogens is 313 g/mol. The molecule has 0 aliphatic carbocycles. The van der Waals surface area contributed by atoms with Crippen LogP contribution in [0.4, 0.5) is 0 Å². The summed E-state index contributed by atoms with van der Waals surface area (Å²) in [5, 5.41) is 9.28. The minimum atomic E-state index is 0.382. The Bertz CT molecular complexity index is 530. The van der Waals surface area contributed by atoms with E-state index in [-0.39, 0.29) is 0 Å². The first-order valence-electron chi connectivity index (χ1n) is 5.22. The van der Waals surface area contributed by atoms with Crippen molar-refractivity contribution in [2.75, 3.05) is 5.75 Å². The van der Waals surface area contributed by atoms with Crippen molar-refractivity contribution in [3.63, 3.8) is 0 Å².